The molecule has 0 radical (unpaired) electrons. The number of anilines is 1. The quantitative estimate of drug-likeness (QED) is 0.733. The Morgan fingerprint density at radius 3 is 2.26 bits per heavy atom. The molecule has 2 rings (SSSR count). The zero-order valence-corrected chi connectivity index (χ0v) is 15.6. The highest BCUT2D eigenvalue weighted by atomic mass is 32.1. The molecule has 23 heavy (non-hydrogen) atoms. The summed E-state index contributed by atoms with van der Waals surface area (Å²) in [4.78, 5) is 0. The van der Waals surface area contributed by atoms with Gasteiger partial charge in [0.1, 0.15) is 5.75 Å². The second-order valence-electron chi connectivity index (χ2n) is 7.55. The molecule has 1 heterocycles. The third-order valence-corrected chi connectivity index (χ3v) is 4.17. The summed E-state index contributed by atoms with van der Waals surface area (Å²) in [6.07, 6.45) is 2.09. The number of nitrogens with one attached hydrogen (secondary N) is 3. The molecular weight excluding hydrogens is 306 g/mol. The van der Waals surface area contributed by atoms with Gasteiger partial charge in [0, 0.05) is 22.8 Å². The standard InChI is InChI=1S/C18H29N3OS/c1-6-22-15-9-7-13(8-10-15)19-16(23)20-14-11-17(2,3)21-18(4,5)12-14/h7-10,14,21H,6,11-12H2,1-5H3,(H2,19,20,23). The summed E-state index contributed by atoms with van der Waals surface area (Å²) in [6.45, 7) is 11.6. The van der Waals surface area contributed by atoms with Gasteiger partial charge in [0.15, 0.2) is 5.11 Å². The van der Waals surface area contributed by atoms with Crippen LogP contribution in [-0.2, 0) is 0 Å². The summed E-state index contributed by atoms with van der Waals surface area (Å²) in [5.41, 5.74) is 1.18. The van der Waals surface area contributed by atoms with E-state index in [1.165, 1.54) is 0 Å². The number of thiocarbonyl (C=S) groups is 1. The lowest BCUT2D eigenvalue weighted by atomic mass is 9.80. The first-order chi connectivity index (χ1) is 10.7. The van der Waals surface area contributed by atoms with Crippen molar-refractivity contribution in [1.82, 2.24) is 10.6 Å². The molecule has 1 aromatic carbocycles. The van der Waals surface area contributed by atoms with Gasteiger partial charge >= 0.3 is 0 Å². The van der Waals surface area contributed by atoms with Crippen molar-refractivity contribution in [3.8, 4) is 5.75 Å². The molecule has 0 spiro atoms. The van der Waals surface area contributed by atoms with Crippen molar-refractivity contribution < 1.29 is 4.74 Å². The minimum absolute atomic E-state index is 0.105. The van der Waals surface area contributed by atoms with Gasteiger partial charge in [-0.1, -0.05) is 0 Å². The van der Waals surface area contributed by atoms with Gasteiger partial charge in [0.2, 0.25) is 0 Å². The molecule has 0 atom stereocenters. The third kappa shape index (κ3) is 5.66. The van der Waals surface area contributed by atoms with E-state index in [1.54, 1.807) is 0 Å². The van der Waals surface area contributed by atoms with Gasteiger partial charge in [0.05, 0.1) is 6.61 Å². The summed E-state index contributed by atoms with van der Waals surface area (Å²) in [5, 5.41) is 11.1. The van der Waals surface area contributed by atoms with Crippen LogP contribution in [0.4, 0.5) is 5.69 Å². The van der Waals surface area contributed by atoms with Gasteiger partial charge < -0.3 is 20.7 Å². The minimum Gasteiger partial charge on any atom is -0.494 e. The molecule has 4 nitrogen and oxygen atoms in total. The first-order valence-electron chi connectivity index (χ1n) is 8.29. The lowest BCUT2D eigenvalue weighted by Crippen LogP contribution is -2.62. The van der Waals surface area contributed by atoms with E-state index < -0.39 is 0 Å². The zero-order valence-electron chi connectivity index (χ0n) is 14.8. The molecule has 5 heteroatoms. The second-order valence-corrected chi connectivity index (χ2v) is 7.96. The van der Waals surface area contributed by atoms with E-state index in [0.717, 1.165) is 24.3 Å². The fourth-order valence-corrected chi connectivity index (χ4v) is 3.86. The normalized spacial score (nSPS) is 19.9. The van der Waals surface area contributed by atoms with Crippen LogP contribution in [0.5, 0.6) is 5.75 Å². The largest absolute Gasteiger partial charge is 0.494 e. The van der Waals surface area contributed by atoms with Gasteiger partial charge in [-0.25, -0.2) is 0 Å². The zero-order chi connectivity index (χ0) is 17.1. The maximum atomic E-state index is 5.48. The van der Waals surface area contributed by atoms with Crippen molar-refractivity contribution >= 4 is 23.0 Å². The van der Waals surface area contributed by atoms with Crippen molar-refractivity contribution in [2.45, 2.75) is 64.6 Å². The van der Waals surface area contributed by atoms with Crippen LogP contribution in [0.3, 0.4) is 0 Å². The lowest BCUT2D eigenvalue weighted by molar-refractivity contribution is 0.156. The van der Waals surface area contributed by atoms with Crippen molar-refractivity contribution in [1.29, 1.82) is 0 Å². The molecule has 0 bridgehead atoms. The molecule has 0 saturated carbocycles. The third-order valence-electron chi connectivity index (χ3n) is 3.95. The van der Waals surface area contributed by atoms with Crippen LogP contribution in [0.1, 0.15) is 47.5 Å². The van der Waals surface area contributed by atoms with E-state index in [4.69, 9.17) is 17.0 Å². The maximum Gasteiger partial charge on any atom is 0.170 e. The highest BCUT2D eigenvalue weighted by Gasteiger charge is 2.37. The van der Waals surface area contributed by atoms with Crippen molar-refractivity contribution in [2.24, 2.45) is 0 Å². The van der Waals surface area contributed by atoms with Crippen molar-refractivity contribution in [2.75, 3.05) is 11.9 Å². The van der Waals surface area contributed by atoms with E-state index in [9.17, 15) is 0 Å². The van der Waals surface area contributed by atoms with Crippen molar-refractivity contribution in [3.05, 3.63) is 24.3 Å². The number of hydrogen-bond donors (Lipinski definition) is 3. The molecule has 1 aromatic rings. The average molecular weight is 336 g/mol. The second kappa shape index (κ2) is 7.05. The predicted molar refractivity (Wildman–Crippen MR) is 101 cm³/mol. The molecule has 3 N–H and O–H groups in total. The van der Waals surface area contributed by atoms with Gasteiger partial charge in [-0.2, -0.15) is 0 Å². The topological polar surface area (TPSA) is 45.3 Å². The Labute approximate surface area is 145 Å². The minimum atomic E-state index is 0.105. The Balaban J connectivity index is 1.91. The molecule has 0 aliphatic carbocycles. The SMILES string of the molecule is CCOc1ccc(NC(=S)NC2CC(C)(C)NC(C)(C)C2)cc1. The van der Waals surface area contributed by atoms with Gasteiger partial charge in [-0.05, 0) is 83.9 Å². The monoisotopic (exact) mass is 335 g/mol. The number of benzene rings is 1. The van der Waals surface area contributed by atoms with Crippen LogP contribution in [0.25, 0.3) is 0 Å². The smallest absolute Gasteiger partial charge is 0.170 e. The summed E-state index contributed by atoms with van der Waals surface area (Å²) in [7, 11) is 0. The van der Waals surface area contributed by atoms with Gasteiger partial charge in [-0.15, -0.1) is 0 Å². The first-order valence-corrected chi connectivity index (χ1v) is 8.70. The average Bonchev–Trinajstić information content (AvgIpc) is 2.37. The summed E-state index contributed by atoms with van der Waals surface area (Å²) in [5.74, 6) is 0.874. The Hall–Kier alpha value is -1.33. The Kier molecular flexibility index (Phi) is 5.53. The molecule has 0 amide bonds. The fraction of sp³-hybridized carbons (Fsp3) is 0.611. The number of ether oxygens (including phenoxy) is 1. The molecule has 0 unspecified atom stereocenters. The molecule has 1 aliphatic heterocycles. The van der Waals surface area contributed by atoms with Crippen LogP contribution >= 0.6 is 12.2 Å². The Bertz CT molecular complexity index is 524. The summed E-state index contributed by atoms with van der Waals surface area (Å²) >= 11 is 5.48. The molecule has 1 fully saturated rings. The summed E-state index contributed by atoms with van der Waals surface area (Å²) in [6, 6.07) is 8.23. The number of hydrogen-bond acceptors (Lipinski definition) is 3. The van der Waals surface area contributed by atoms with Gasteiger partial charge in [0.25, 0.3) is 0 Å². The Morgan fingerprint density at radius 2 is 1.74 bits per heavy atom. The molecule has 0 aromatic heterocycles. The lowest BCUT2D eigenvalue weighted by Gasteiger charge is -2.46. The molecule has 128 valence electrons. The van der Waals surface area contributed by atoms with E-state index >= 15 is 0 Å². The highest BCUT2D eigenvalue weighted by molar-refractivity contribution is 7.80. The molecule has 1 saturated heterocycles. The maximum absolute atomic E-state index is 5.48. The van der Waals surface area contributed by atoms with Crippen LogP contribution in [0.2, 0.25) is 0 Å². The van der Waals surface area contributed by atoms with Crippen LogP contribution < -0.4 is 20.7 Å². The van der Waals surface area contributed by atoms with E-state index in [1.807, 2.05) is 31.2 Å². The predicted octanol–water partition coefficient (Wildman–Crippen LogP) is 3.68. The van der Waals surface area contributed by atoms with E-state index in [-0.39, 0.29) is 11.1 Å². The van der Waals surface area contributed by atoms with E-state index in [0.29, 0.717) is 17.8 Å². The first kappa shape index (κ1) is 18.0. The highest BCUT2D eigenvalue weighted by Crippen LogP contribution is 2.28. The number of piperidine rings is 1. The number of rotatable bonds is 4. The van der Waals surface area contributed by atoms with Crippen LogP contribution in [-0.4, -0.2) is 28.8 Å². The van der Waals surface area contributed by atoms with Crippen LogP contribution in [0, 0.1) is 0 Å². The summed E-state index contributed by atoms with van der Waals surface area (Å²) < 4.78 is 5.45. The fourth-order valence-electron chi connectivity index (χ4n) is 3.58. The molecule has 1 aliphatic rings. The molecular formula is C18H29N3OS. The Morgan fingerprint density at radius 1 is 1.17 bits per heavy atom. The van der Waals surface area contributed by atoms with E-state index in [2.05, 4.69) is 43.6 Å². The van der Waals surface area contributed by atoms with Crippen molar-refractivity contribution in [3.63, 3.8) is 0 Å². The van der Waals surface area contributed by atoms with Crippen LogP contribution in [0.15, 0.2) is 24.3 Å². The van der Waals surface area contributed by atoms with Gasteiger partial charge in [-0.3, -0.25) is 0 Å².